The van der Waals surface area contributed by atoms with E-state index in [9.17, 15) is 21.6 Å². The van der Waals surface area contributed by atoms with E-state index >= 15 is 0 Å². The SMILES string of the molecule is CC(C)c1cc(-c2ccc(CS(=O)(=O)CCC(C)(F)F)c(F)c2)nc2cnc(NC3CCC(N(C)C)CC3)nc12. The fourth-order valence-corrected chi connectivity index (χ4v) is 6.61. The Kier molecular flexibility index (Phi) is 9.04. The second kappa shape index (κ2) is 12.0. The van der Waals surface area contributed by atoms with Gasteiger partial charge in [-0.25, -0.2) is 36.5 Å². The van der Waals surface area contributed by atoms with Crippen molar-refractivity contribution < 1.29 is 21.6 Å². The summed E-state index contributed by atoms with van der Waals surface area (Å²) in [5.74, 6) is -4.51. The maximum atomic E-state index is 15.0. The normalized spacial score (nSPS) is 18.6. The van der Waals surface area contributed by atoms with Crippen molar-refractivity contribution in [1.82, 2.24) is 19.9 Å². The van der Waals surface area contributed by atoms with Gasteiger partial charge in [-0.15, -0.1) is 0 Å². The minimum atomic E-state index is -3.90. The van der Waals surface area contributed by atoms with Crippen molar-refractivity contribution in [1.29, 1.82) is 0 Å². The summed E-state index contributed by atoms with van der Waals surface area (Å²) < 4.78 is 65.8. The smallest absolute Gasteiger partial charge is 0.246 e. The first-order valence-corrected chi connectivity index (χ1v) is 15.5. The third-order valence-electron chi connectivity index (χ3n) is 7.53. The highest BCUT2D eigenvalue weighted by molar-refractivity contribution is 7.90. The summed E-state index contributed by atoms with van der Waals surface area (Å²) in [6.45, 7) is 4.76. The number of halogens is 3. The largest absolute Gasteiger partial charge is 0.351 e. The molecule has 218 valence electrons. The van der Waals surface area contributed by atoms with Crippen LogP contribution in [0.4, 0.5) is 19.1 Å². The second-order valence-corrected chi connectivity index (χ2v) is 13.7. The van der Waals surface area contributed by atoms with E-state index in [-0.39, 0.29) is 11.5 Å². The molecule has 4 rings (SSSR count). The maximum absolute atomic E-state index is 15.0. The number of alkyl halides is 2. The Balaban J connectivity index is 1.56. The fraction of sp³-hybridized carbons (Fsp3) is 0.552. The Bertz CT molecular complexity index is 1450. The monoisotopic (exact) mass is 577 g/mol. The maximum Gasteiger partial charge on any atom is 0.246 e. The van der Waals surface area contributed by atoms with Crippen molar-refractivity contribution in [2.45, 2.75) is 82.6 Å². The van der Waals surface area contributed by atoms with Crippen LogP contribution in [0.25, 0.3) is 22.3 Å². The Labute approximate surface area is 234 Å². The summed E-state index contributed by atoms with van der Waals surface area (Å²) in [7, 11) is 0.340. The van der Waals surface area contributed by atoms with Gasteiger partial charge in [-0.1, -0.05) is 26.0 Å². The van der Waals surface area contributed by atoms with Crippen LogP contribution in [0.15, 0.2) is 30.5 Å². The molecule has 1 N–H and O–H groups in total. The predicted octanol–water partition coefficient (Wildman–Crippen LogP) is 6.20. The van der Waals surface area contributed by atoms with Crippen molar-refractivity contribution in [3.63, 3.8) is 0 Å². The van der Waals surface area contributed by atoms with E-state index in [1.165, 1.54) is 12.1 Å². The molecule has 2 aromatic heterocycles. The van der Waals surface area contributed by atoms with Gasteiger partial charge in [0.1, 0.15) is 11.3 Å². The number of benzene rings is 1. The average Bonchev–Trinajstić information content (AvgIpc) is 2.88. The van der Waals surface area contributed by atoms with E-state index in [0.29, 0.717) is 41.7 Å². The second-order valence-electron chi connectivity index (χ2n) is 11.5. The average molecular weight is 578 g/mol. The zero-order valence-electron chi connectivity index (χ0n) is 23.7. The molecule has 1 aliphatic rings. The number of anilines is 1. The van der Waals surface area contributed by atoms with E-state index in [4.69, 9.17) is 4.98 Å². The lowest BCUT2D eigenvalue weighted by Crippen LogP contribution is -2.36. The molecule has 11 heteroatoms. The lowest BCUT2D eigenvalue weighted by Gasteiger charge is -2.32. The van der Waals surface area contributed by atoms with Gasteiger partial charge >= 0.3 is 0 Å². The first kappa shape index (κ1) is 30.2. The van der Waals surface area contributed by atoms with Gasteiger partial charge in [-0.2, -0.15) is 0 Å². The Morgan fingerprint density at radius 1 is 1.10 bits per heavy atom. The molecular weight excluding hydrogens is 539 g/mol. The van der Waals surface area contributed by atoms with Gasteiger partial charge in [-0.3, -0.25) is 0 Å². The Morgan fingerprint density at radius 3 is 2.40 bits per heavy atom. The van der Waals surface area contributed by atoms with Crippen LogP contribution in [-0.4, -0.2) is 66.1 Å². The number of hydrogen-bond acceptors (Lipinski definition) is 7. The Hall–Kier alpha value is -2.79. The molecule has 0 saturated heterocycles. The summed E-state index contributed by atoms with van der Waals surface area (Å²) in [6.07, 6.45) is 5.21. The van der Waals surface area contributed by atoms with Crippen LogP contribution >= 0.6 is 0 Å². The van der Waals surface area contributed by atoms with Gasteiger partial charge in [0, 0.05) is 29.6 Å². The van der Waals surface area contributed by atoms with Crippen molar-refractivity contribution in [3.05, 3.63) is 47.4 Å². The minimum Gasteiger partial charge on any atom is -0.351 e. The predicted molar refractivity (Wildman–Crippen MR) is 153 cm³/mol. The minimum absolute atomic E-state index is 0.0632. The number of pyridine rings is 1. The van der Waals surface area contributed by atoms with E-state index in [2.05, 4.69) is 34.3 Å². The highest BCUT2D eigenvalue weighted by Gasteiger charge is 2.26. The van der Waals surface area contributed by atoms with Gasteiger partial charge < -0.3 is 10.2 Å². The number of fused-ring (bicyclic) bond motifs is 1. The molecule has 7 nitrogen and oxygen atoms in total. The van der Waals surface area contributed by atoms with E-state index in [1.54, 1.807) is 12.3 Å². The van der Waals surface area contributed by atoms with Crippen LogP contribution in [0, 0.1) is 5.82 Å². The van der Waals surface area contributed by atoms with Gasteiger partial charge in [0.25, 0.3) is 0 Å². The van der Waals surface area contributed by atoms with Crippen LogP contribution < -0.4 is 5.32 Å². The van der Waals surface area contributed by atoms with E-state index in [0.717, 1.165) is 36.8 Å². The van der Waals surface area contributed by atoms with Gasteiger partial charge in [-0.05, 0) is 70.3 Å². The summed E-state index contributed by atoms with van der Waals surface area (Å²) in [5.41, 5.74) is 3.18. The number of nitrogens with one attached hydrogen (secondary N) is 1. The summed E-state index contributed by atoms with van der Waals surface area (Å²) in [4.78, 5) is 16.3. The number of hydrogen-bond donors (Lipinski definition) is 1. The number of nitrogens with zero attached hydrogens (tertiary/aromatic N) is 4. The molecule has 0 spiro atoms. The lowest BCUT2D eigenvalue weighted by atomic mass is 9.90. The molecule has 0 bridgehead atoms. The highest BCUT2D eigenvalue weighted by Crippen LogP contribution is 2.31. The summed E-state index contributed by atoms with van der Waals surface area (Å²) in [6, 6.07) is 7.00. The van der Waals surface area contributed by atoms with Crippen LogP contribution in [0.3, 0.4) is 0 Å². The van der Waals surface area contributed by atoms with Crippen molar-refractivity contribution >= 4 is 26.8 Å². The van der Waals surface area contributed by atoms with Crippen molar-refractivity contribution in [2.24, 2.45) is 0 Å². The van der Waals surface area contributed by atoms with Crippen LogP contribution in [-0.2, 0) is 15.6 Å². The van der Waals surface area contributed by atoms with E-state index in [1.807, 2.05) is 19.9 Å². The lowest BCUT2D eigenvalue weighted by molar-refractivity contribution is 0.0189. The molecule has 0 atom stereocenters. The van der Waals surface area contributed by atoms with Gasteiger partial charge in [0.05, 0.1) is 28.9 Å². The zero-order valence-corrected chi connectivity index (χ0v) is 24.5. The van der Waals surface area contributed by atoms with E-state index < -0.39 is 39.5 Å². The summed E-state index contributed by atoms with van der Waals surface area (Å²) in [5, 5.41) is 3.49. The third-order valence-corrected chi connectivity index (χ3v) is 9.11. The van der Waals surface area contributed by atoms with Crippen LogP contribution in [0.2, 0.25) is 0 Å². The fourth-order valence-electron chi connectivity index (χ4n) is 5.09. The first-order chi connectivity index (χ1) is 18.7. The number of sulfone groups is 1. The molecule has 1 aliphatic carbocycles. The molecule has 1 saturated carbocycles. The standard InChI is InChI=1S/C29H38F3N5O2S/c1-18(2)23-15-25(19-6-7-20(24(30)14-19)17-40(38,39)13-12-29(3,31)32)35-26-16-33-28(36-27(23)26)34-21-8-10-22(11-9-21)37(4)5/h6-7,14-16,18,21-22H,8-13,17H2,1-5H3,(H,33,34,36). The van der Waals surface area contributed by atoms with Gasteiger partial charge in [0.15, 0.2) is 9.84 Å². The molecule has 0 radical (unpaired) electrons. The molecule has 1 fully saturated rings. The van der Waals surface area contributed by atoms with Crippen molar-refractivity contribution in [2.75, 3.05) is 25.2 Å². The third kappa shape index (κ3) is 7.69. The Morgan fingerprint density at radius 2 is 1.80 bits per heavy atom. The molecule has 40 heavy (non-hydrogen) atoms. The molecule has 1 aromatic carbocycles. The molecule has 2 heterocycles. The molecule has 0 amide bonds. The van der Waals surface area contributed by atoms with Gasteiger partial charge in [0.2, 0.25) is 11.9 Å². The summed E-state index contributed by atoms with van der Waals surface area (Å²) >= 11 is 0. The van der Waals surface area contributed by atoms with Crippen LogP contribution in [0.1, 0.15) is 69.9 Å². The molecular formula is C29H38F3N5O2S. The molecule has 0 aliphatic heterocycles. The van der Waals surface area contributed by atoms with Crippen LogP contribution in [0.5, 0.6) is 0 Å². The highest BCUT2D eigenvalue weighted by atomic mass is 32.2. The topological polar surface area (TPSA) is 88.1 Å². The quantitative estimate of drug-likeness (QED) is 0.307. The first-order valence-electron chi connectivity index (χ1n) is 13.7. The molecule has 0 unspecified atom stereocenters. The zero-order chi connectivity index (χ0) is 29.2. The number of rotatable bonds is 10. The number of aromatic nitrogens is 3. The van der Waals surface area contributed by atoms with Crippen molar-refractivity contribution in [3.8, 4) is 11.3 Å². The molecule has 3 aromatic rings.